The van der Waals surface area contributed by atoms with E-state index < -0.39 is 0 Å². The summed E-state index contributed by atoms with van der Waals surface area (Å²) in [7, 11) is 0. The van der Waals surface area contributed by atoms with Gasteiger partial charge >= 0.3 is 0 Å². The Labute approximate surface area is 102 Å². The minimum Gasteiger partial charge on any atom is -0.377 e. The van der Waals surface area contributed by atoms with Crippen LogP contribution in [0.4, 0.5) is 0 Å². The topological polar surface area (TPSA) is 21.3 Å². The Balaban J connectivity index is 1.94. The lowest BCUT2D eigenvalue weighted by Gasteiger charge is -2.20. The summed E-state index contributed by atoms with van der Waals surface area (Å²) in [6, 6.07) is 5.45. The van der Waals surface area contributed by atoms with Gasteiger partial charge in [-0.3, -0.25) is 0 Å². The molecule has 1 fully saturated rings. The fraction of sp³-hybridized carbons (Fsp3) is 0.692. The molecule has 0 aliphatic carbocycles. The lowest BCUT2D eigenvalue weighted by atomic mass is 10.1. The van der Waals surface area contributed by atoms with Gasteiger partial charge in [0.2, 0.25) is 0 Å². The van der Waals surface area contributed by atoms with E-state index in [1.54, 1.807) is 0 Å². The van der Waals surface area contributed by atoms with Crippen molar-refractivity contribution < 1.29 is 4.74 Å². The normalized spacial score (nSPS) is 27.2. The second kappa shape index (κ2) is 5.30. The van der Waals surface area contributed by atoms with Crippen molar-refractivity contribution in [3.63, 3.8) is 0 Å². The molecule has 0 radical (unpaired) electrons. The van der Waals surface area contributed by atoms with Gasteiger partial charge in [-0.2, -0.15) is 0 Å². The van der Waals surface area contributed by atoms with E-state index in [1.807, 2.05) is 11.3 Å². The zero-order valence-electron chi connectivity index (χ0n) is 10.3. The first-order chi connectivity index (χ1) is 7.70. The van der Waals surface area contributed by atoms with Gasteiger partial charge in [-0.05, 0) is 38.8 Å². The van der Waals surface area contributed by atoms with Crippen LogP contribution in [0.3, 0.4) is 0 Å². The standard InChI is InChI=1S/C13H21NOS/c1-4-11-5-6-13(16-11)9(2)14-12-7-8-15-10(12)3/h5-6,9-10,12,14H,4,7-8H2,1-3H3. The van der Waals surface area contributed by atoms with Crippen molar-refractivity contribution in [2.75, 3.05) is 6.61 Å². The van der Waals surface area contributed by atoms with Crippen LogP contribution in [0, 0.1) is 0 Å². The van der Waals surface area contributed by atoms with Crippen molar-refractivity contribution >= 4 is 11.3 Å². The third-order valence-electron chi connectivity index (χ3n) is 3.30. The highest BCUT2D eigenvalue weighted by molar-refractivity contribution is 7.12. The van der Waals surface area contributed by atoms with Gasteiger partial charge in [-0.15, -0.1) is 11.3 Å². The second-order valence-corrected chi connectivity index (χ2v) is 5.72. The van der Waals surface area contributed by atoms with Crippen molar-refractivity contribution in [2.45, 2.75) is 51.8 Å². The summed E-state index contributed by atoms with van der Waals surface area (Å²) < 4.78 is 5.57. The number of ether oxygens (including phenoxy) is 1. The second-order valence-electron chi connectivity index (χ2n) is 4.52. The fourth-order valence-electron chi connectivity index (χ4n) is 2.17. The van der Waals surface area contributed by atoms with Crippen LogP contribution >= 0.6 is 11.3 Å². The Bertz CT molecular complexity index is 336. The van der Waals surface area contributed by atoms with Gasteiger partial charge in [0.25, 0.3) is 0 Å². The van der Waals surface area contributed by atoms with Gasteiger partial charge in [-0.25, -0.2) is 0 Å². The molecule has 2 nitrogen and oxygen atoms in total. The largest absolute Gasteiger partial charge is 0.377 e. The SMILES string of the molecule is CCc1ccc(C(C)NC2CCOC2C)s1. The summed E-state index contributed by atoms with van der Waals surface area (Å²) >= 11 is 1.92. The van der Waals surface area contributed by atoms with E-state index in [0.29, 0.717) is 18.2 Å². The highest BCUT2D eigenvalue weighted by atomic mass is 32.1. The molecule has 3 heteroatoms. The van der Waals surface area contributed by atoms with Crippen LogP contribution in [-0.2, 0) is 11.2 Å². The molecule has 1 aliphatic heterocycles. The molecule has 1 aromatic rings. The van der Waals surface area contributed by atoms with Crippen molar-refractivity contribution in [1.82, 2.24) is 5.32 Å². The summed E-state index contributed by atoms with van der Waals surface area (Å²) in [5, 5.41) is 3.67. The Hall–Kier alpha value is -0.380. The molecule has 3 unspecified atom stereocenters. The number of aryl methyl sites for hydroxylation is 1. The average molecular weight is 239 g/mol. The first-order valence-electron chi connectivity index (χ1n) is 6.17. The van der Waals surface area contributed by atoms with Gasteiger partial charge in [0.1, 0.15) is 0 Å². The lowest BCUT2D eigenvalue weighted by Crippen LogP contribution is -2.36. The zero-order valence-corrected chi connectivity index (χ0v) is 11.1. The Morgan fingerprint density at radius 2 is 2.38 bits per heavy atom. The number of rotatable bonds is 4. The van der Waals surface area contributed by atoms with Crippen LogP contribution < -0.4 is 5.32 Å². The summed E-state index contributed by atoms with van der Waals surface area (Å²) in [5.74, 6) is 0. The molecular weight excluding hydrogens is 218 g/mol. The fourth-order valence-corrected chi connectivity index (χ4v) is 3.14. The summed E-state index contributed by atoms with van der Waals surface area (Å²) in [6.45, 7) is 7.51. The van der Waals surface area contributed by atoms with Gasteiger partial charge in [-0.1, -0.05) is 6.92 Å². The van der Waals surface area contributed by atoms with E-state index in [2.05, 4.69) is 38.2 Å². The molecule has 2 rings (SSSR count). The summed E-state index contributed by atoms with van der Waals surface area (Å²) in [4.78, 5) is 2.91. The number of hydrogen-bond donors (Lipinski definition) is 1. The Kier molecular flexibility index (Phi) is 4.00. The van der Waals surface area contributed by atoms with Crippen LogP contribution in [0.15, 0.2) is 12.1 Å². The molecule has 1 aromatic heterocycles. The Morgan fingerprint density at radius 3 is 2.94 bits per heavy atom. The predicted molar refractivity (Wildman–Crippen MR) is 69.1 cm³/mol. The van der Waals surface area contributed by atoms with Gasteiger partial charge in [0.05, 0.1) is 6.10 Å². The van der Waals surface area contributed by atoms with Crippen LogP contribution in [0.25, 0.3) is 0 Å². The van der Waals surface area contributed by atoms with E-state index in [4.69, 9.17) is 4.74 Å². The van der Waals surface area contributed by atoms with E-state index in [-0.39, 0.29) is 0 Å². The molecule has 90 valence electrons. The molecule has 1 N–H and O–H groups in total. The Morgan fingerprint density at radius 1 is 1.56 bits per heavy atom. The smallest absolute Gasteiger partial charge is 0.0700 e. The zero-order chi connectivity index (χ0) is 11.5. The van der Waals surface area contributed by atoms with Gasteiger partial charge in [0.15, 0.2) is 0 Å². The van der Waals surface area contributed by atoms with Crippen molar-refractivity contribution in [3.8, 4) is 0 Å². The van der Waals surface area contributed by atoms with E-state index in [0.717, 1.165) is 19.4 Å². The minimum absolute atomic E-state index is 0.355. The first kappa shape index (κ1) is 12.1. The molecule has 2 heterocycles. The van der Waals surface area contributed by atoms with Crippen LogP contribution in [0.1, 0.15) is 43.0 Å². The van der Waals surface area contributed by atoms with E-state index in [1.165, 1.54) is 9.75 Å². The average Bonchev–Trinajstić information content (AvgIpc) is 2.88. The first-order valence-corrected chi connectivity index (χ1v) is 6.98. The van der Waals surface area contributed by atoms with Crippen LogP contribution in [-0.4, -0.2) is 18.8 Å². The van der Waals surface area contributed by atoms with E-state index in [9.17, 15) is 0 Å². The lowest BCUT2D eigenvalue weighted by molar-refractivity contribution is 0.111. The molecule has 0 bridgehead atoms. The molecule has 0 amide bonds. The number of thiophene rings is 1. The monoisotopic (exact) mass is 239 g/mol. The highest BCUT2D eigenvalue weighted by Crippen LogP contribution is 2.25. The van der Waals surface area contributed by atoms with Gasteiger partial charge < -0.3 is 10.1 Å². The maximum absolute atomic E-state index is 5.57. The van der Waals surface area contributed by atoms with Gasteiger partial charge in [0, 0.05) is 28.4 Å². The molecular formula is C13H21NOS. The predicted octanol–water partition coefficient (Wildman–Crippen LogP) is 3.14. The quantitative estimate of drug-likeness (QED) is 0.871. The third kappa shape index (κ3) is 2.65. The minimum atomic E-state index is 0.355. The van der Waals surface area contributed by atoms with Crippen LogP contribution in [0.5, 0.6) is 0 Å². The molecule has 0 spiro atoms. The van der Waals surface area contributed by atoms with Crippen molar-refractivity contribution in [2.24, 2.45) is 0 Å². The molecule has 0 saturated carbocycles. The van der Waals surface area contributed by atoms with Crippen molar-refractivity contribution in [3.05, 3.63) is 21.9 Å². The molecule has 16 heavy (non-hydrogen) atoms. The van der Waals surface area contributed by atoms with E-state index >= 15 is 0 Å². The molecule has 3 atom stereocenters. The number of nitrogens with one attached hydrogen (secondary N) is 1. The maximum Gasteiger partial charge on any atom is 0.0700 e. The molecule has 0 aromatic carbocycles. The summed E-state index contributed by atoms with van der Waals surface area (Å²) in [6.07, 6.45) is 2.63. The molecule has 1 saturated heterocycles. The van der Waals surface area contributed by atoms with Crippen molar-refractivity contribution in [1.29, 1.82) is 0 Å². The van der Waals surface area contributed by atoms with Crippen LogP contribution in [0.2, 0.25) is 0 Å². The maximum atomic E-state index is 5.57. The third-order valence-corrected chi connectivity index (χ3v) is 4.71. The summed E-state index contributed by atoms with van der Waals surface area (Å²) in [5.41, 5.74) is 0. The molecule has 1 aliphatic rings. The highest BCUT2D eigenvalue weighted by Gasteiger charge is 2.25. The number of hydrogen-bond acceptors (Lipinski definition) is 3.